The lowest BCUT2D eigenvalue weighted by atomic mass is 10.1. The third-order valence-electron chi connectivity index (χ3n) is 6.07. The van der Waals surface area contributed by atoms with E-state index >= 15 is 0 Å². The van der Waals surface area contributed by atoms with Gasteiger partial charge in [0.25, 0.3) is 5.89 Å². The normalized spacial score (nSPS) is 16.2. The molecule has 3 heterocycles. The van der Waals surface area contributed by atoms with Gasteiger partial charge < -0.3 is 14.6 Å². The summed E-state index contributed by atoms with van der Waals surface area (Å²) in [5.74, 6) is 0.657. The molecule has 7 nitrogen and oxygen atoms in total. The molecule has 4 aromatic rings. The van der Waals surface area contributed by atoms with E-state index in [0.717, 1.165) is 16.7 Å². The maximum atomic E-state index is 13.1. The number of hydrogen-bond acceptors (Lipinski definition) is 7. The summed E-state index contributed by atoms with van der Waals surface area (Å²) >= 11 is 0. The molecule has 1 aliphatic rings. The fraction of sp³-hybridized carbons (Fsp3) is 0.231. The van der Waals surface area contributed by atoms with E-state index in [0.29, 0.717) is 35.2 Å². The molecule has 5 rings (SSSR count). The summed E-state index contributed by atoms with van der Waals surface area (Å²) in [5, 5.41) is 10.8. The van der Waals surface area contributed by atoms with Crippen molar-refractivity contribution in [1.82, 2.24) is 30.4 Å². The Morgan fingerprint density at radius 2 is 1.75 bits per heavy atom. The van der Waals surface area contributed by atoms with Crippen LogP contribution < -0.4 is 5.32 Å². The number of hydrogen-bond donors (Lipinski definition) is 1. The summed E-state index contributed by atoms with van der Waals surface area (Å²) in [6.07, 6.45) is -2.65. The van der Waals surface area contributed by atoms with E-state index in [4.69, 9.17) is 9.40 Å². The van der Waals surface area contributed by atoms with Crippen LogP contribution in [0.15, 0.2) is 71.8 Å². The van der Waals surface area contributed by atoms with Gasteiger partial charge in [-0.2, -0.15) is 13.2 Å². The molecule has 0 saturated carbocycles. The summed E-state index contributed by atoms with van der Waals surface area (Å²) in [6.45, 7) is 6.37. The third-order valence-corrected chi connectivity index (χ3v) is 6.07. The summed E-state index contributed by atoms with van der Waals surface area (Å²) in [6, 6.07) is 15.2. The van der Waals surface area contributed by atoms with Gasteiger partial charge in [-0.1, -0.05) is 49.0 Å². The monoisotopic (exact) mass is 492 g/mol. The molecule has 10 heteroatoms. The van der Waals surface area contributed by atoms with Crippen LogP contribution in [0.4, 0.5) is 13.2 Å². The number of aromatic nitrogens is 4. The maximum Gasteiger partial charge on any atom is 0.405 e. The van der Waals surface area contributed by atoms with E-state index in [1.807, 2.05) is 61.5 Å². The van der Waals surface area contributed by atoms with Crippen molar-refractivity contribution >= 4 is 5.70 Å². The Hall–Kier alpha value is -4.05. The molecular formula is C26H23F3N6O. The second-order valence-corrected chi connectivity index (χ2v) is 8.49. The molecule has 1 N–H and O–H groups in total. The Balaban J connectivity index is 1.36. The summed E-state index contributed by atoms with van der Waals surface area (Å²) in [4.78, 5) is 10.8. The Labute approximate surface area is 205 Å². The predicted octanol–water partition coefficient (Wildman–Crippen LogP) is 4.98. The van der Waals surface area contributed by atoms with Gasteiger partial charge in [-0.25, -0.2) is 4.98 Å². The first kappa shape index (κ1) is 23.7. The molecule has 0 bridgehead atoms. The number of aryl methyl sites for hydroxylation is 1. The first-order chi connectivity index (χ1) is 17.3. The highest BCUT2D eigenvalue weighted by Crippen LogP contribution is 2.29. The van der Waals surface area contributed by atoms with Gasteiger partial charge in [0.1, 0.15) is 11.7 Å². The Kier molecular flexibility index (Phi) is 6.27. The van der Waals surface area contributed by atoms with Crippen LogP contribution in [0.3, 0.4) is 0 Å². The van der Waals surface area contributed by atoms with Gasteiger partial charge in [-0.3, -0.25) is 4.98 Å². The van der Waals surface area contributed by atoms with Crippen molar-refractivity contribution in [2.45, 2.75) is 19.1 Å². The first-order valence-corrected chi connectivity index (χ1v) is 11.4. The van der Waals surface area contributed by atoms with Gasteiger partial charge in [0.15, 0.2) is 0 Å². The van der Waals surface area contributed by atoms with Crippen LogP contribution in [0.25, 0.3) is 40.0 Å². The van der Waals surface area contributed by atoms with Gasteiger partial charge in [0.2, 0.25) is 5.89 Å². The molecule has 2 aromatic heterocycles. The van der Waals surface area contributed by atoms with Crippen molar-refractivity contribution < 1.29 is 17.6 Å². The van der Waals surface area contributed by atoms with E-state index in [1.165, 1.54) is 0 Å². The fourth-order valence-electron chi connectivity index (χ4n) is 4.04. The second kappa shape index (κ2) is 9.54. The van der Waals surface area contributed by atoms with E-state index in [1.54, 1.807) is 11.1 Å². The topological polar surface area (TPSA) is 80.0 Å². The lowest BCUT2D eigenvalue weighted by molar-refractivity contribution is -0.162. The SMILES string of the molecule is C=C(c1ccc(-c2cnc(C)c(-c3nnc(-c4ccccc4)o3)n2)cc1)N1CCNC(C(F)(F)F)C1. The van der Waals surface area contributed by atoms with E-state index in [9.17, 15) is 13.2 Å². The fourth-order valence-corrected chi connectivity index (χ4v) is 4.04. The van der Waals surface area contributed by atoms with E-state index in [-0.39, 0.29) is 19.0 Å². The van der Waals surface area contributed by atoms with Gasteiger partial charge in [-0.05, 0) is 24.6 Å². The molecule has 1 fully saturated rings. The molecule has 1 aliphatic heterocycles. The number of halogens is 3. The van der Waals surface area contributed by atoms with Crippen molar-refractivity contribution in [3.8, 4) is 34.3 Å². The standard InChI is InChI=1S/C26H23F3N6O/c1-16-23(25-34-33-24(36-25)20-6-4-3-5-7-20)32-21(14-31-16)19-10-8-18(9-11-19)17(2)35-13-12-30-22(15-35)26(27,28)29/h3-11,14,22,30H,2,12-13,15H2,1H3. The summed E-state index contributed by atoms with van der Waals surface area (Å²) in [7, 11) is 0. The van der Waals surface area contributed by atoms with Crippen molar-refractivity contribution in [3.05, 3.63) is 78.6 Å². The summed E-state index contributed by atoms with van der Waals surface area (Å²) < 4.78 is 45.3. The molecule has 0 spiro atoms. The number of nitrogens with one attached hydrogen (secondary N) is 1. The highest BCUT2D eigenvalue weighted by atomic mass is 19.4. The first-order valence-electron chi connectivity index (χ1n) is 11.4. The number of nitrogens with zero attached hydrogens (tertiary/aromatic N) is 5. The van der Waals surface area contributed by atoms with Crippen LogP contribution in [0.2, 0.25) is 0 Å². The zero-order chi connectivity index (χ0) is 25.3. The molecule has 0 amide bonds. The number of piperazine rings is 1. The highest BCUT2D eigenvalue weighted by molar-refractivity contribution is 5.68. The Bertz CT molecular complexity index is 1370. The van der Waals surface area contributed by atoms with Crippen molar-refractivity contribution in [2.75, 3.05) is 19.6 Å². The van der Waals surface area contributed by atoms with Crippen molar-refractivity contribution in [3.63, 3.8) is 0 Å². The van der Waals surface area contributed by atoms with Crippen molar-refractivity contribution in [1.29, 1.82) is 0 Å². The van der Waals surface area contributed by atoms with E-state index < -0.39 is 12.2 Å². The number of alkyl halides is 3. The maximum absolute atomic E-state index is 13.1. The Morgan fingerprint density at radius 1 is 1.03 bits per heavy atom. The molecule has 0 aliphatic carbocycles. The molecule has 1 saturated heterocycles. The van der Waals surface area contributed by atoms with Gasteiger partial charge >= 0.3 is 6.18 Å². The van der Waals surface area contributed by atoms with Crippen molar-refractivity contribution in [2.24, 2.45) is 0 Å². The lowest BCUT2D eigenvalue weighted by Crippen LogP contribution is -2.56. The van der Waals surface area contributed by atoms with Crippen LogP contribution in [-0.4, -0.2) is 56.9 Å². The second-order valence-electron chi connectivity index (χ2n) is 8.49. The molecule has 0 radical (unpaired) electrons. The lowest BCUT2D eigenvalue weighted by Gasteiger charge is -2.37. The average molecular weight is 493 g/mol. The average Bonchev–Trinajstić information content (AvgIpc) is 3.39. The molecule has 1 atom stereocenters. The smallest absolute Gasteiger partial charge is 0.405 e. The molecule has 2 aromatic carbocycles. The zero-order valence-corrected chi connectivity index (χ0v) is 19.5. The molecule has 184 valence electrons. The van der Waals surface area contributed by atoms with Crippen LogP contribution in [0.5, 0.6) is 0 Å². The molecular weight excluding hydrogens is 469 g/mol. The minimum atomic E-state index is -4.30. The van der Waals surface area contributed by atoms with E-state index in [2.05, 4.69) is 27.1 Å². The van der Waals surface area contributed by atoms with Gasteiger partial charge in [0, 0.05) is 36.5 Å². The Morgan fingerprint density at radius 3 is 2.47 bits per heavy atom. The number of benzene rings is 2. The minimum Gasteiger partial charge on any atom is -0.415 e. The quantitative estimate of drug-likeness (QED) is 0.421. The van der Waals surface area contributed by atoms with Gasteiger partial charge in [-0.15, -0.1) is 10.2 Å². The zero-order valence-electron chi connectivity index (χ0n) is 19.5. The highest BCUT2D eigenvalue weighted by Gasteiger charge is 2.42. The van der Waals surface area contributed by atoms with Crippen LogP contribution >= 0.6 is 0 Å². The molecule has 36 heavy (non-hydrogen) atoms. The third kappa shape index (κ3) is 4.85. The minimum absolute atomic E-state index is 0.175. The number of rotatable bonds is 5. The summed E-state index contributed by atoms with van der Waals surface area (Å²) in [5.41, 5.74) is 4.61. The van der Waals surface area contributed by atoms with Crippen LogP contribution in [-0.2, 0) is 0 Å². The van der Waals surface area contributed by atoms with Crippen LogP contribution in [0.1, 0.15) is 11.3 Å². The largest absolute Gasteiger partial charge is 0.415 e. The predicted molar refractivity (Wildman–Crippen MR) is 129 cm³/mol. The van der Waals surface area contributed by atoms with Crippen LogP contribution in [0, 0.1) is 6.92 Å². The molecule has 1 unspecified atom stereocenters. The van der Waals surface area contributed by atoms with Gasteiger partial charge in [0.05, 0.1) is 17.6 Å².